The highest BCUT2D eigenvalue weighted by molar-refractivity contribution is 6.01. The Hall–Kier alpha value is -3.85. The minimum absolute atomic E-state index is 0.0387. The monoisotopic (exact) mass is 634 g/mol. The lowest BCUT2D eigenvalue weighted by atomic mass is 9.95. The first kappa shape index (κ1) is 29.3. The van der Waals surface area contributed by atoms with Crippen LogP contribution in [0, 0.1) is 5.41 Å². The number of rotatable bonds is 4. The number of nitrogens with zero attached hydrogens (tertiary/aromatic N) is 4. The highest BCUT2D eigenvalue weighted by atomic mass is 16.5. The van der Waals surface area contributed by atoms with Gasteiger partial charge in [-0.15, -0.1) is 0 Å². The van der Waals surface area contributed by atoms with Crippen LogP contribution in [0.1, 0.15) is 112 Å². The smallest absolute Gasteiger partial charge is 0.254 e. The van der Waals surface area contributed by atoms with Gasteiger partial charge in [0, 0.05) is 52.6 Å². The number of benzene rings is 2. The zero-order chi connectivity index (χ0) is 32.0. The largest absolute Gasteiger partial charge is 0.494 e. The zero-order valence-corrected chi connectivity index (χ0v) is 27.6. The summed E-state index contributed by atoms with van der Waals surface area (Å²) in [6, 6.07) is 13.5. The Morgan fingerprint density at radius 2 is 1.81 bits per heavy atom. The van der Waals surface area contributed by atoms with Crippen LogP contribution in [-0.4, -0.2) is 56.1 Å². The van der Waals surface area contributed by atoms with Gasteiger partial charge >= 0.3 is 0 Å². The van der Waals surface area contributed by atoms with Gasteiger partial charge in [-0.25, -0.2) is 4.98 Å². The zero-order valence-electron chi connectivity index (χ0n) is 27.6. The van der Waals surface area contributed by atoms with E-state index in [-0.39, 0.29) is 41.4 Å². The highest BCUT2D eigenvalue weighted by Crippen LogP contribution is 2.51. The number of nitrogens with one attached hydrogen (secondary N) is 1. The molecule has 2 saturated heterocycles. The molecule has 1 spiro atoms. The SMILES string of the molecule is COc1cc(C(=O)N2[C@H]3CC[C@@H]2[C@H](N)C3)cc2nc(-c3cc4ccc5cc4n3CCCCCCC3(CC3)C(=O)N[C@@H]5C)n(C3CC3)c12. The maximum atomic E-state index is 14.0. The van der Waals surface area contributed by atoms with Gasteiger partial charge in [-0.05, 0) is 94.5 Å². The van der Waals surface area contributed by atoms with E-state index in [1.54, 1.807) is 7.11 Å². The number of carbonyl (C=O) groups excluding carboxylic acids is 2. The van der Waals surface area contributed by atoms with Crippen molar-refractivity contribution in [3.8, 4) is 17.3 Å². The third-order valence-electron chi connectivity index (χ3n) is 12.1. The molecule has 4 bridgehead atoms. The van der Waals surface area contributed by atoms with E-state index in [0.29, 0.717) is 17.4 Å². The van der Waals surface area contributed by atoms with Gasteiger partial charge in [0.15, 0.2) is 5.82 Å². The molecule has 9 rings (SSSR count). The summed E-state index contributed by atoms with van der Waals surface area (Å²) in [5, 5.41) is 4.53. The summed E-state index contributed by atoms with van der Waals surface area (Å²) in [6.45, 7) is 3.01. The van der Waals surface area contributed by atoms with Crippen molar-refractivity contribution in [1.82, 2.24) is 24.3 Å². The molecule has 2 aliphatic carbocycles. The summed E-state index contributed by atoms with van der Waals surface area (Å²) in [5.74, 6) is 1.90. The van der Waals surface area contributed by atoms with Gasteiger partial charge in [0.1, 0.15) is 11.3 Å². The van der Waals surface area contributed by atoms with Crippen molar-refractivity contribution in [3.05, 3.63) is 47.5 Å². The van der Waals surface area contributed by atoms with Crippen molar-refractivity contribution < 1.29 is 14.3 Å². The second-order valence-electron chi connectivity index (χ2n) is 15.1. The lowest BCUT2D eigenvalue weighted by molar-refractivity contribution is -0.127. The van der Waals surface area contributed by atoms with Crippen molar-refractivity contribution in [2.75, 3.05) is 7.11 Å². The van der Waals surface area contributed by atoms with Crippen LogP contribution in [-0.2, 0) is 11.3 Å². The number of methoxy groups -OCH3 is 1. The molecule has 2 aromatic heterocycles. The van der Waals surface area contributed by atoms with Crippen LogP contribution in [0.5, 0.6) is 5.75 Å². The van der Waals surface area contributed by atoms with Crippen LogP contribution in [0.4, 0.5) is 0 Å². The van der Waals surface area contributed by atoms with Crippen LogP contribution in [0.15, 0.2) is 36.4 Å². The summed E-state index contributed by atoms with van der Waals surface area (Å²) in [7, 11) is 1.70. The fourth-order valence-electron chi connectivity index (χ4n) is 9.07. The van der Waals surface area contributed by atoms with E-state index < -0.39 is 0 Å². The van der Waals surface area contributed by atoms with Crippen LogP contribution in [0.25, 0.3) is 33.5 Å². The topological polar surface area (TPSA) is 107 Å². The third-order valence-corrected chi connectivity index (χ3v) is 12.1. The van der Waals surface area contributed by atoms with Gasteiger partial charge in [-0.2, -0.15) is 0 Å². The molecule has 246 valence electrons. The molecule has 4 fully saturated rings. The number of hydrogen-bond donors (Lipinski definition) is 2. The standard InChI is InChI=1S/C38H46N6O3/c1-22-23-7-8-24-19-32(42(31(24)18-23)16-6-4-3-5-13-38(14-15-38)37(46)40-22)35-41-29-17-25(20-33(47-2)34(29)44(35)26-9-10-26)36(45)43-27-11-12-30(43)28(39)21-27/h7-8,17-20,22,26-28,30H,3-6,9-16,21,39H2,1-2H3,(H,40,46)/t22-,27+,28-,30-/m1/s1. The molecule has 9 heteroatoms. The van der Waals surface area contributed by atoms with E-state index in [0.717, 1.165) is 112 Å². The minimum Gasteiger partial charge on any atom is -0.494 e. The number of carbonyl (C=O) groups is 2. The van der Waals surface area contributed by atoms with Crippen LogP contribution >= 0.6 is 0 Å². The molecule has 3 aliphatic heterocycles. The highest BCUT2D eigenvalue weighted by Gasteiger charge is 2.49. The van der Waals surface area contributed by atoms with E-state index in [4.69, 9.17) is 15.5 Å². The molecule has 9 nitrogen and oxygen atoms in total. The predicted octanol–water partition coefficient (Wildman–Crippen LogP) is 6.63. The fourth-order valence-corrected chi connectivity index (χ4v) is 9.07. The maximum Gasteiger partial charge on any atom is 0.254 e. The van der Waals surface area contributed by atoms with Gasteiger partial charge in [-0.3, -0.25) is 9.59 Å². The summed E-state index contributed by atoms with van der Waals surface area (Å²) in [5.41, 5.74) is 12.1. The molecule has 5 aliphatic rings. The van der Waals surface area contributed by atoms with Gasteiger partial charge in [0.2, 0.25) is 5.91 Å². The Balaban J connectivity index is 1.16. The predicted molar refractivity (Wildman–Crippen MR) is 182 cm³/mol. The van der Waals surface area contributed by atoms with Crippen molar-refractivity contribution in [2.45, 2.75) is 121 Å². The summed E-state index contributed by atoms with van der Waals surface area (Å²) in [6.07, 6.45) is 12.6. The number of aromatic nitrogens is 3. The number of ether oxygens (including phenoxy) is 1. The fraction of sp³-hybridized carbons (Fsp3) is 0.553. The number of imidazole rings is 1. The summed E-state index contributed by atoms with van der Waals surface area (Å²) in [4.78, 5) is 34.6. The van der Waals surface area contributed by atoms with E-state index >= 15 is 0 Å². The number of fused-ring (bicyclic) bond motifs is 4. The molecule has 47 heavy (non-hydrogen) atoms. The second-order valence-corrected chi connectivity index (χ2v) is 15.1. The Bertz CT molecular complexity index is 1920. The first-order chi connectivity index (χ1) is 22.8. The van der Waals surface area contributed by atoms with Gasteiger partial charge < -0.3 is 29.8 Å². The minimum atomic E-state index is -0.135. The Kier molecular flexibility index (Phi) is 6.76. The lowest BCUT2D eigenvalue weighted by Gasteiger charge is -2.23. The molecule has 3 N–H and O–H groups in total. The van der Waals surface area contributed by atoms with Crippen LogP contribution < -0.4 is 15.8 Å². The first-order valence-corrected chi connectivity index (χ1v) is 18.0. The van der Waals surface area contributed by atoms with Crippen LogP contribution in [0.2, 0.25) is 0 Å². The maximum absolute atomic E-state index is 14.0. The van der Waals surface area contributed by atoms with Crippen molar-refractivity contribution >= 4 is 33.8 Å². The Labute approximate surface area is 275 Å². The second kappa shape index (κ2) is 10.8. The van der Waals surface area contributed by atoms with Crippen molar-refractivity contribution in [2.24, 2.45) is 11.1 Å². The number of aryl methyl sites for hydroxylation is 1. The van der Waals surface area contributed by atoms with Crippen molar-refractivity contribution in [1.29, 1.82) is 0 Å². The molecular weight excluding hydrogens is 588 g/mol. The summed E-state index contributed by atoms with van der Waals surface area (Å²) >= 11 is 0. The van der Waals surface area contributed by atoms with Gasteiger partial charge in [0.05, 0.1) is 24.4 Å². The normalized spacial score (nSPS) is 27.1. The summed E-state index contributed by atoms with van der Waals surface area (Å²) < 4.78 is 10.8. The Morgan fingerprint density at radius 1 is 1.00 bits per heavy atom. The van der Waals surface area contributed by atoms with E-state index in [9.17, 15) is 9.59 Å². The average molecular weight is 635 g/mol. The van der Waals surface area contributed by atoms with Crippen LogP contribution in [0.3, 0.4) is 0 Å². The molecule has 0 unspecified atom stereocenters. The van der Waals surface area contributed by atoms with Crippen molar-refractivity contribution in [3.63, 3.8) is 0 Å². The van der Waals surface area contributed by atoms with E-state index in [1.807, 2.05) is 17.0 Å². The quantitative estimate of drug-likeness (QED) is 0.262. The molecule has 2 saturated carbocycles. The van der Waals surface area contributed by atoms with E-state index in [1.165, 1.54) is 10.9 Å². The molecule has 5 heterocycles. The van der Waals surface area contributed by atoms with Gasteiger partial charge in [0.25, 0.3) is 5.91 Å². The number of amides is 2. The molecule has 2 aromatic carbocycles. The molecule has 2 amide bonds. The molecule has 4 atom stereocenters. The first-order valence-electron chi connectivity index (χ1n) is 18.0. The number of hydrogen-bond acceptors (Lipinski definition) is 5. The average Bonchev–Trinajstić information content (AvgIpc) is 3.93. The lowest BCUT2D eigenvalue weighted by Crippen LogP contribution is -2.40. The molecule has 0 radical (unpaired) electrons. The molecular formula is C38H46N6O3. The van der Waals surface area contributed by atoms with Gasteiger partial charge in [-0.1, -0.05) is 31.4 Å². The van der Waals surface area contributed by atoms with E-state index in [2.05, 4.69) is 45.6 Å². The third kappa shape index (κ3) is 4.71. The molecule has 4 aromatic rings. The number of nitrogens with two attached hydrogens (primary N) is 1. The Morgan fingerprint density at radius 3 is 2.53 bits per heavy atom.